The molecular formula is C24H28ClNO6. The van der Waals surface area contributed by atoms with Gasteiger partial charge in [-0.05, 0) is 57.4 Å². The molecule has 0 heterocycles. The van der Waals surface area contributed by atoms with E-state index in [1.807, 2.05) is 31.2 Å². The van der Waals surface area contributed by atoms with E-state index in [0.29, 0.717) is 16.1 Å². The number of ether oxygens (including phenoxy) is 2. The first kappa shape index (κ1) is 25.2. The Balaban J connectivity index is 2.38. The van der Waals surface area contributed by atoms with E-state index in [2.05, 4.69) is 5.32 Å². The van der Waals surface area contributed by atoms with Crippen LogP contribution in [0.25, 0.3) is 0 Å². The number of aliphatic carboxylic acids is 1. The van der Waals surface area contributed by atoms with Crippen LogP contribution in [-0.4, -0.2) is 29.9 Å². The molecule has 32 heavy (non-hydrogen) atoms. The fraction of sp³-hybridized carbons (Fsp3) is 0.375. The molecule has 2 N–H and O–H groups in total. The van der Waals surface area contributed by atoms with Gasteiger partial charge in [0.1, 0.15) is 0 Å². The highest BCUT2D eigenvalue weighted by Crippen LogP contribution is 2.35. The summed E-state index contributed by atoms with van der Waals surface area (Å²) >= 11 is 6.04. The summed E-state index contributed by atoms with van der Waals surface area (Å²) in [4.78, 5) is 36.0. The number of carbonyl (C=O) groups is 3. The summed E-state index contributed by atoms with van der Waals surface area (Å²) in [5.74, 6) is -1.52. The molecule has 1 atom stereocenters. The molecule has 2 rings (SSSR count). The van der Waals surface area contributed by atoms with Gasteiger partial charge in [-0.1, -0.05) is 53.6 Å². The molecule has 0 aliphatic heterocycles. The van der Waals surface area contributed by atoms with Crippen molar-refractivity contribution in [2.75, 3.05) is 6.79 Å². The van der Waals surface area contributed by atoms with Crippen molar-refractivity contribution in [2.24, 2.45) is 5.41 Å². The van der Waals surface area contributed by atoms with Crippen LogP contribution in [0.4, 0.5) is 4.79 Å². The minimum atomic E-state index is -1.21. The Hall–Kier alpha value is -3.06. The van der Waals surface area contributed by atoms with E-state index >= 15 is 0 Å². The second kappa shape index (κ2) is 10.5. The molecule has 2 aromatic rings. The summed E-state index contributed by atoms with van der Waals surface area (Å²) in [6, 6.07) is 14.2. The number of hydrogen-bond acceptors (Lipinski definition) is 5. The van der Waals surface area contributed by atoms with Crippen molar-refractivity contribution >= 4 is 29.6 Å². The normalized spacial score (nSPS) is 13.0. The van der Waals surface area contributed by atoms with Gasteiger partial charge in [-0.25, -0.2) is 4.79 Å². The summed E-state index contributed by atoms with van der Waals surface area (Å²) in [7, 11) is 0. The highest BCUT2D eigenvalue weighted by atomic mass is 35.5. The molecule has 0 aromatic heterocycles. The molecule has 8 heteroatoms. The van der Waals surface area contributed by atoms with Crippen molar-refractivity contribution in [1.82, 2.24) is 5.32 Å². The minimum absolute atomic E-state index is 0.0594. The Morgan fingerprint density at radius 3 is 1.97 bits per heavy atom. The van der Waals surface area contributed by atoms with Crippen LogP contribution in [0.2, 0.25) is 5.02 Å². The van der Waals surface area contributed by atoms with Gasteiger partial charge >= 0.3 is 18.0 Å². The third-order valence-electron chi connectivity index (χ3n) is 4.90. The average Bonchev–Trinajstić information content (AvgIpc) is 2.71. The molecule has 0 saturated heterocycles. The van der Waals surface area contributed by atoms with Gasteiger partial charge in [0.05, 0.1) is 11.0 Å². The monoisotopic (exact) mass is 461 g/mol. The third-order valence-corrected chi connectivity index (χ3v) is 5.16. The molecule has 7 nitrogen and oxygen atoms in total. The highest BCUT2D eigenvalue weighted by Gasteiger charge is 2.37. The van der Waals surface area contributed by atoms with Crippen LogP contribution in [0.5, 0.6) is 0 Å². The number of esters is 1. The number of rotatable bonds is 8. The summed E-state index contributed by atoms with van der Waals surface area (Å²) < 4.78 is 10.1. The predicted octanol–water partition coefficient (Wildman–Crippen LogP) is 5.03. The smallest absolute Gasteiger partial charge is 0.411 e. The van der Waals surface area contributed by atoms with Crippen LogP contribution >= 0.6 is 11.6 Å². The van der Waals surface area contributed by atoms with E-state index in [4.69, 9.17) is 21.1 Å². The SMILES string of the molecule is Cc1ccc(C(CCC(=O)O)(NC(=O)OCOC(=O)C(C)(C)C)c2ccc(Cl)cc2)cc1. The molecule has 172 valence electrons. The molecular weight excluding hydrogens is 434 g/mol. The highest BCUT2D eigenvalue weighted by molar-refractivity contribution is 6.30. The van der Waals surface area contributed by atoms with Crippen LogP contribution in [0.1, 0.15) is 50.3 Å². The Labute approximate surface area is 192 Å². The lowest BCUT2D eigenvalue weighted by molar-refractivity contribution is -0.161. The van der Waals surface area contributed by atoms with Gasteiger partial charge in [0.25, 0.3) is 0 Å². The van der Waals surface area contributed by atoms with Gasteiger partial charge in [-0.3, -0.25) is 9.59 Å². The number of carboxylic acids is 1. The van der Waals surface area contributed by atoms with Gasteiger partial charge in [0.15, 0.2) is 0 Å². The summed E-state index contributed by atoms with van der Waals surface area (Å²) in [5, 5.41) is 12.7. The topological polar surface area (TPSA) is 102 Å². The number of carbonyl (C=O) groups excluding carboxylic acids is 2. The zero-order valence-corrected chi connectivity index (χ0v) is 19.4. The minimum Gasteiger partial charge on any atom is -0.481 e. The predicted molar refractivity (Wildman–Crippen MR) is 120 cm³/mol. The standard InChI is InChI=1S/C24H28ClNO6/c1-16-5-7-17(8-6-16)24(14-13-20(27)28,18-9-11-19(25)12-10-18)26-22(30)32-15-31-21(29)23(2,3)4/h5-12H,13-15H2,1-4H3,(H,26,30)(H,27,28). The molecule has 0 saturated carbocycles. The number of amides is 1. The maximum atomic E-state index is 12.7. The van der Waals surface area contributed by atoms with Crippen LogP contribution in [0.3, 0.4) is 0 Å². The first-order valence-electron chi connectivity index (χ1n) is 10.1. The Kier molecular flexibility index (Phi) is 8.27. The van der Waals surface area contributed by atoms with Gasteiger partial charge in [0.2, 0.25) is 6.79 Å². The third kappa shape index (κ3) is 6.72. The number of nitrogens with one attached hydrogen (secondary N) is 1. The lowest BCUT2D eigenvalue weighted by Gasteiger charge is -2.35. The van der Waals surface area contributed by atoms with E-state index in [0.717, 1.165) is 5.56 Å². The largest absolute Gasteiger partial charge is 0.481 e. The maximum absolute atomic E-state index is 12.7. The summed E-state index contributed by atoms with van der Waals surface area (Å²) in [6.45, 7) is 6.42. The first-order chi connectivity index (χ1) is 14.9. The van der Waals surface area contributed by atoms with E-state index in [1.165, 1.54) is 0 Å². The second-order valence-corrected chi connectivity index (χ2v) is 8.96. The van der Waals surface area contributed by atoms with Crippen LogP contribution < -0.4 is 5.32 Å². The molecule has 0 aliphatic rings. The van der Waals surface area contributed by atoms with Crippen molar-refractivity contribution in [3.8, 4) is 0 Å². The second-order valence-electron chi connectivity index (χ2n) is 8.53. The van der Waals surface area contributed by atoms with Crippen molar-refractivity contribution in [3.63, 3.8) is 0 Å². The number of carboxylic acid groups (broad SMARTS) is 1. The molecule has 1 unspecified atom stereocenters. The zero-order chi connectivity index (χ0) is 23.9. The Morgan fingerprint density at radius 1 is 0.938 bits per heavy atom. The maximum Gasteiger partial charge on any atom is 0.411 e. The van der Waals surface area contributed by atoms with Crippen LogP contribution in [0.15, 0.2) is 48.5 Å². The fourth-order valence-electron chi connectivity index (χ4n) is 3.09. The first-order valence-corrected chi connectivity index (χ1v) is 10.5. The Morgan fingerprint density at radius 2 is 1.47 bits per heavy atom. The lowest BCUT2D eigenvalue weighted by atomic mass is 9.79. The van der Waals surface area contributed by atoms with Crippen LogP contribution in [-0.2, 0) is 24.6 Å². The van der Waals surface area contributed by atoms with Gasteiger partial charge in [-0.2, -0.15) is 0 Å². The van der Waals surface area contributed by atoms with E-state index in [1.54, 1.807) is 45.0 Å². The van der Waals surface area contributed by atoms with E-state index < -0.39 is 35.8 Å². The number of halogens is 1. The fourth-order valence-corrected chi connectivity index (χ4v) is 3.22. The van der Waals surface area contributed by atoms with E-state index in [9.17, 15) is 19.5 Å². The van der Waals surface area contributed by atoms with E-state index in [-0.39, 0.29) is 12.8 Å². The Bertz CT molecular complexity index is 902. The number of aryl methyl sites for hydroxylation is 1. The molecule has 0 bridgehead atoms. The van der Waals surface area contributed by atoms with Crippen molar-refractivity contribution < 1.29 is 29.0 Å². The molecule has 1 amide bonds. The lowest BCUT2D eigenvalue weighted by Crippen LogP contribution is -2.47. The van der Waals surface area contributed by atoms with Crippen LogP contribution in [0, 0.1) is 12.3 Å². The van der Waals surface area contributed by atoms with Crippen molar-refractivity contribution in [1.29, 1.82) is 0 Å². The quantitative estimate of drug-likeness (QED) is 0.422. The number of benzene rings is 2. The molecule has 0 aliphatic carbocycles. The average molecular weight is 462 g/mol. The summed E-state index contributed by atoms with van der Waals surface area (Å²) in [5.41, 5.74) is 0.373. The molecule has 0 radical (unpaired) electrons. The van der Waals surface area contributed by atoms with Gasteiger partial charge in [-0.15, -0.1) is 0 Å². The van der Waals surface area contributed by atoms with Gasteiger partial charge < -0.3 is 19.9 Å². The molecule has 2 aromatic carbocycles. The van der Waals surface area contributed by atoms with Crippen molar-refractivity contribution in [3.05, 3.63) is 70.2 Å². The molecule has 0 spiro atoms. The van der Waals surface area contributed by atoms with Gasteiger partial charge in [0, 0.05) is 11.4 Å². The zero-order valence-electron chi connectivity index (χ0n) is 18.6. The number of alkyl carbamates (subject to hydrolysis) is 1. The van der Waals surface area contributed by atoms with Crippen molar-refractivity contribution in [2.45, 2.75) is 46.1 Å². The summed E-state index contributed by atoms with van der Waals surface area (Å²) in [6.07, 6.45) is -1.01. The molecule has 0 fully saturated rings. The number of hydrogen-bond donors (Lipinski definition) is 2.